The van der Waals surface area contributed by atoms with Crippen molar-refractivity contribution in [2.45, 2.75) is 52.4 Å². The van der Waals surface area contributed by atoms with Gasteiger partial charge in [-0.2, -0.15) is 0 Å². The van der Waals surface area contributed by atoms with Crippen molar-refractivity contribution >= 4 is 53.6 Å². The van der Waals surface area contributed by atoms with Gasteiger partial charge in [-0.1, -0.05) is 114 Å². The fraction of sp³-hybridized carbons (Fsp3) is 0.235. The molecule has 2 heterocycles. The van der Waals surface area contributed by atoms with Crippen LogP contribution in [0.25, 0.3) is 53.2 Å². The molecule has 2 aromatic heterocycles. The van der Waals surface area contributed by atoms with E-state index in [2.05, 4.69) is 126 Å². The molecule has 2 heteroatoms. The molecule has 0 atom stereocenters. The lowest BCUT2D eigenvalue weighted by atomic mass is 9.88. The molecule has 0 N–H and O–H groups in total. The molecule has 4 aromatic carbocycles. The number of hydrogen-bond acceptors (Lipinski definition) is 2. The molecule has 0 saturated carbocycles. The Morgan fingerprint density at radius 2 is 1.03 bits per heavy atom. The highest BCUT2D eigenvalue weighted by Crippen LogP contribution is 2.52. The summed E-state index contributed by atoms with van der Waals surface area (Å²) in [6.07, 6.45) is 0. The van der Waals surface area contributed by atoms with Crippen molar-refractivity contribution < 1.29 is 0 Å². The zero-order valence-electron chi connectivity index (χ0n) is 21.9. The first-order valence-electron chi connectivity index (χ1n) is 12.7. The van der Waals surface area contributed by atoms with Gasteiger partial charge in [0.05, 0.1) is 0 Å². The summed E-state index contributed by atoms with van der Waals surface area (Å²) in [5.41, 5.74) is 5.61. The van der Waals surface area contributed by atoms with E-state index in [1.807, 2.05) is 22.7 Å². The van der Waals surface area contributed by atoms with Gasteiger partial charge in [0.25, 0.3) is 0 Å². The summed E-state index contributed by atoms with van der Waals surface area (Å²) in [5.74, 6) is 0. The van der Waals surface area contributed by atoms with Crippen molar-refractivity contribution in [1.29, 1.82) is 0 Å². The lowest BCUT2D eigenvalue weighted by molar-refractivity contribution is 0.604. The number of hydrogen-bond donors (Lipinski definition) is 0. The van der Waals surface area contributed by atoms with E-state index >= 15 is 0 Å². The van der Waals surface area contributed by atoms with Crippen molar-refractivity contribution in [1.82, 2.24) is 0 Å². The molecule has 0 radical (unpaired) electrons. The lowest BCUT2D eigenvalue weighted by Gasteiger charge is -2.15. The molecule has 0 bridgehead atoms. The standard InChI is InChI=1S/C34H32S2/c1-33(2,3)27-19-25-29(22-14-8-7-9-15-22)31-26(20-28(35-31)34(4,5)6)30(32(25)36-27)24-18-12-16-21-13-10-11-17-23(21)24/h7-20H,1-6H3. The van der Waals surface area contributed by atoms with E-state index in [4.69, 9.17) is 0 Å². The minimum Gasteiger partial charge on any atom is -0.139 e. The number of rotatable bonds is 2. The second-order valence-corrected chi connectivity index (χ2v) is 14.0. The van der Waals surface area contributed by atoms with Crippen LogP contribution in [0.3, 0.4) is 0 Å². The smallest absolute Gasteiger partial charge is 0.0437 e. The van der Waals surface area contributed by atoms with Crippen molar-refractivity contribution in [2.24, 2.45) is 0 Å². The van der Waals surface area contributed by atoms with Crippen LogP contribution in [0.1, 0.15) is 51.3 Å². The molecule has 0 fully saturated rings. The highest BCUT2D eigenvalue weighted by molar-refractivity contribution is 7.22. The maximum Gasteiger partial charge on any atom is 0.0437 e. The highest BCUT2D eigenvalue weighted by atomic mass is 32.1. The van der Waals surface area contributed by atoms with Crippen LogP contribution >= 0.6 is 22.7 Å². The van der Waals surface area contributed by atoms with E-state index in [0.717, 1.165) is 0 Å². The molecule has 0 nitrogen and oxygen atoms in total. The third-order valence-corrected chi connectivity index (χ3v) is 10.2. The molecular weight excluding hydrogens is 473 g/mol. The summed E-state index contributed by atoms with van der Waals surface area (Å²) >= 11 is 3.96. The molecule has 0 aliphatic rings. The van der Waals surface area contributed by atoms with Crippen LogP contribution in [0.4, 0.5) is 0 Å². The Kier molecular flexibility index (Phi) is 5.41. The van der Waals surface area contributed by atoms with E-state index in [1.165, 1.54) is 63.0 Å². The SMILES string of the molecule is CC(C)(C)c1cc2c(-c3cccc4ccccc34)c3sc(C(C)(C)C)cc3c(-c3ccccc3)c2s1. The fourth-order valence-corrected chi connectivity index (χ4v) is 7.71. The molecule has 0 saturated heterocycles. The molecule has 0 aliphatic carbocycles. The van der Waals surface area contributed by atoms with Crippen molar-refractivity contribution in [3.8, 4) is 22.3 Å². The van der Waals surface area contributed by atoms with Crippen LogP contribution in [0.2, 0.25) is 0 Å². The quantitative estimate of drug-likeness (QED) is 0.220. The van der Waals surface area contributed by atoms with Crippen LogP contribution in [-0.2, 0) is 10.8 Å². The summed E-state index contributed by atoms with van der Waals surface area (Å²) in [6, 6.07) is 31.6. The van der Waals surface area contributed by atoms with E-state index < -0.39 is 0 Å². The number of thiophene rings is 2. The third-order valence-electron chi connectivity index (χ3n) is 7.06. The molecule has 6 rings (SSSR count). The molecule has 36 heavy (non-hydrogen) atoms. The molecule has 0 spiro atoms. The fourth-order valence-electron chi connectivity index (χ4n) is 5.11. The van der Waals surface area contributed by atoms with E-state index in [0.29, 0.717) is 0 Å². The summed E-state index contributed by atoms with van der Waals surface area (Å²) in [7, 11) is 0. The Labute approximate surface area is 222 Å². The monoisotopic (exact) mass is 504 g/mol. The third kappa shape index (κ3) is 3.79. The molecule has 180 valence electrons. The largest absolute Gasteiger partial charge is 0.139 e. The van der Waals surface area contributed by atoms with Crippen LogP contribution in [0.5, 0.6) is 0 Å². The second kappa shape index (κ2) is 8.30. The van der Waals surface area contributed by atoms with Crippen LogP contribution in [0.15, 0.2) is 84.9 Å². The van der Waals surface area contributed by atoms with Crippen molar-refractivity contribution in [3.05, 3.63) is 94.7 Å². The maximum absolute atomic E-state index is 2.49. The molecule has 0 unspecified atom stereocenters. The van der Waals surface area contributed by atoms with Crippen molar-refractivity contribution in [2.75, 3.05) is 0 Å². The zero-order valence-corrected chi connectivity index (χ0v) is 23.5. The predicted molar refractivity (Wildman–Crippen MR) is 163 cm³/mol. The van der Waals surface area contributed by atoms with Crippen LogP contribution in [-0.4, -0.2) is 0 Å². The van der Waals surface area contributed by atoms with Gasteiger partial charge >= 0.3 is 0 Å². The van der Waals surface area contributed by atoms with Gasteiger partial charge in [-0.25, -0.2) is 0 Å². The van der Waals surface area contributed by atoms with Gasteiger partial charge < -0.3 is 0 Å². The minimum atomic E-state index is 0.0949. The van der Waals surface area contributed by atoms with Gasteiger partial charge in [-0.3, -0.25) is 0 Å². The topological polar surface area (TPSA) is 0 Å². The summed E-state index contributed by atoms with van der Waals surface area (Å²) in [4.78, 5) is 2.87. The van der Waals surface area contributed by atoms with Crippen molar-refractivity contribution in [3.63, 3.8) is 0 Å². The average molecular weight is 505 g/mol. The second-order valence-electron chi connectivity index (χ2n) is 11.8. The summed E-state index contributed by atoms with van der Waals surface area (Å²) in [5, 5.41) is 5.38. The Morgan fingerprint density at radius 3 is 1.67 bits per heavy atom. The highest BCUT2D eigenvalue weighted by Gasteiger charge is 2.27. The molecule has 0 amide bonds. The number of benzene rings is 4. The minimum absolute atomic E-state index is 0.0949. The lowest BCUT2D eigenvalue weighted by Crippen LogP contribution is -2.07. The van der Waals surface area contributed by atoms with Crippen LogP contribution in [0, 0.1) is 0 Å². The average Bonchev–Trinajstić information content (AvgIpc) is 3.48. The van der Waals surface area contributed by atoms with Gasteiger partial charge in [0, 0.05) is 41.1 Å². The summed E-state index contributed by atoms with van der Waals surface area (Å²) < 4.78 is 2.81. The normalized spacial score (nSPS) is 12.7. The van der Waals surface area contributed by atoms with E-state index in [9.17, 15) is 0 Å². The van der Waals surface area contributed by atoms with Gasteiger partial charge in [0.15, 0.2) is 0 Å². The molecule has 6 aromatic rings. The molecule has 0 aliphatic heterocycles. The Hall–Kier alpha value is -2.94. The molecular formula is C34H32S2. The predicted octanol–water partition coefficient (Wildman–Crippen LogP) is 11.2. The van der Waals surface area contributed by atoms with Gasteiger partial charge in [-0.05, 0) is 44.9 Å². The first-order chi connectivity index (χ1) is 17.1. The first-order valence-corrected chi connectivity index (χ1v) is 14.3. The Balaban J connectivity index is 1.86. The van der Waals surface area contributed by atoms with E-state index in [1.54, 1.807) is 0 Å². The van der Waals surface area contributed by atoms with Gasteiger partial charge in [-0.15, -0.1) is 22.7 Å². The van der Waals surface area contributed by atoms with E-state index in [-0.39, 0.29) is 10.8 Å². The van der Waals surface area contributed by atoms with Gasteiger partial charge in [0.1, 0.15) is 0 Å². The van der Waals surface area contributed by atoms with Gasteiger partial charge in [0.2, 0.25) is 0 Å². The Bertz CT molecular complexity index is 1660. The summed E-state index contributed by atoms with van der Waals surface area (Å²) in [6.45, 7) is 14.0. The van der Waals surface area contributed by atoms with Crippen LogP contribution < -0.4 is 0 Å². The zero-order chi connectivity index (χ0) is 25.2. The number of fused-ring (bicyclic) bond motifs is 3. The Morgan fingerprint density at radius 1 is 0.500 bits per heavy atom. The maximum atomic E-state index is 2.49. The first kappa shape index (κ1) is 23.5.